The second-order valence-corrected chi connectivity index (χ2v) is 12.2. The SMILES string of the molecule is CC(C)(CC1CC(NC(=O)[C@@H]2CCCC[C@@H]2N)C1)S(=O)(=O)c1cccc(C(F)(F)F)c1. The van der Waals surface area contributed by atoms with Crippen molar-refractivity contribution < 1.29 is 26.4 Å². The molecule has 3 N–H and O–H groups in total. The maximum Gasteiger partial charge on any atom is 0.416 e. The first-order valence-corrected chi connectivity index (χ1v) is 12.3. The van der Waals surface area contributed by atoms with Gasteiger partial charge in [0.25, 0.3) is 0 Å². The highest BCUT2D eigenvalue weighted by Crippen LogP contribution is 2.40. The molecule has 0 saturated heterocycles. The van der Waals surface area contributed by atoms with Gasteiger partial charge in [-0.15, -0.1) is 0 Å². The summed E-state index contributed by atoms with van der Waals surface area (Å²) in [5.41, 5.74) is 5.09. The van der Waals surface area contributed by atoms with Gasteiger partial charge in [-0.05, 0) is 70.1 Å². The van der Waals surface area contributed by atoms with Crippen LogP contribution in [0.1, 0.15) is 64.4 Å². The molecule has 2 atom stereocenters. The van der Waals surface area contributed by atoms with Gasteiger partial charge in [-0.25, -0.2) is 8.42 Å². The van der Waals surface area contributed by atoms with Gasteiger partial charge in [0.1, 0.15) is 0 Å². The number of benzene rings is 1. The van der Waals surface area contributed by atoms with Crippen molar-refractivity contribution in [2.45, 2.75) is 86.7 Å². The second kappa shape index (κ2) is 8.73. The quantitative estimate of drug-likeness (QED) is 0.670. The monoisotopic (exact) mass is 460 g/mol. The number of amides is 1. The van der Waals surface area contributed by atoms with Gasteiger partial charge < -0.3 is 11.1 Å². The van der Waals surface area contributed by atoms with Crippen molar-refractivity contribution in [3.8, 4) is 0 Å². The van der Waals surface area contributed by atoms with Crippen LogP contribution in [-0.4, -0.2) is 31.2 Å². The molecule has 0 spiro atoms. The normalized spacial score (nSPS) is 27.4. The van der Waals surface area contributed by atoms with E-state index in [0.29, 0.717) is 25.3 Å². The Hall–Kier alpha value is -1.61. The molecule has 2 aliphatic carbocycles. The Morgan fingerprint density at radius 3 is 2.42 bits per heavy atom. The predicted octanol–water partition coefficient (Wildman–Crippen LogP) is 4.06. The van der Waals surface area contributed by atoms with Crippen molar-refractivity contribution in [3.05, 3.63) is 29.8 Å². The molecule has 0 bridgehead atoms. The maximum absolute atomic E-state index is 13.1. The summed E-state index contributed by atoms with van der Waals surface area (Å²) in [7, 11) is -3.96. The number of carbonyl (C=O) groups is 1. The van der Waals surface area contributed by atoms with Gasteiger partial charge in [0.2, 0.25) is 5.91 Å². The predicted molar refractivity (Wildman–Crippen MR) is 112 cm³/mol. The molecule has 1 aromatic rings. The van der Waals surface area contributed by atoms with E-state index in [1.54, 1.807) is 13.8 Å². The molecule has 0 heterocycles. The second-order valence-electron chi connectivity index (χ2n) is 9.59. The van der Waals surface area contributed by atoms with Crippen LogP contribution in [0.25, 0.3) is 0 Å². The molecule has 3 rings (SSSR count). The molecule has 31 heavy (non-hydrogen) atoms. The summed E-state index contributed by atoms with van der Waals surface area (Å²) in [6.07, 6.45) is 0.742. The lowest BCUT2D eigenvalue weighted by atomic mass is 9.75. The van der Waals surface area contributed by atoms with Crippen LogP contribution in [0.2, 0.25) is 0 Å². The van der Waals surface area contributed by atoms with Crippen LogP contribution < -0.4 is 11.1 Å². The Morgan fingerprint density at radius 2 is 1.81 bits per heavy atom. The first-order chi connectivity index (χ1) is 14.3. The maximum atomic E-state index is 13.1. The lowest BCUT2D eigenvalue weighted by molar-refractivity contribution is -0.137. The Morgan fingerprint density at radius 1 is 1.16 bits per heavy atom. The number of rotatable bonds is 6. The first kappa shape index (κ1) is 24.0. The van der Waals surface area contributed by atoms with Gasteiger partial charge in [-0.1, -0.05) is 18.9 Å². The third-order valence-corrected chi connectivity index (χ3v) is 9.21. The van der Waals surface area contributed by atoms with E-state index >= 15 is 0 Å². The minimum absolute atomic E-state index is 0.00121. The minimum Gasteiger partial charge on any atom is -0.353 e. The number of sulfone groups is 1. The molecular weight excluding hydrogens is 429 g/mol. The van der Waals surface area contributed by atoms with Gasteiger partial charge in [0.05, 0.1) is 21.1 Å². The van der Waals surface area contributed by atoms with E-state index in [4.69, 9.17) is 5.73 Å². The topological polar surface area (TPSA) is 89.3 Å². The summed E-state index contributed by atoms with van der Waals surface area (Å²) in [6, 6.07) is 3.79. The molecule has 2 saturated carbocycles. The molecule has 0 unspecified atom stereocenters. The lowest BCUT2D eigenvalue weighted by Crippen LogP contribution is -2.51. The molecule has 9 heteroatoms. The standard InChI is InChI=1S/C22H31F3N2O3S/c1-21(2,31(29,30)17-7-5-6-15(12-17)22(23,24)25)13-14-10-16(11-14)27-20(28)18-8-3-4-9-19(18)26/h5-7,12,14,16,18-19H,3-4,8-11,13,26H2,1-2H3,(H,27,28)/t14?,16?,18-,19+/m1/s1. The van der Waals surface area contributed by atoms with Crippen LogP contribution in [0.5, 0.6) is 0 Å². The van der Waals surface area contributed by atoms with E-state index in [9.17, 15) is 26.4 Å². The van der Waals surface area contributed by atoms with Crippen LogP contribution in [0.4, 0.5) is 13.2 Å². The molecule has 1 amide bonds. The summed E-state index contributed by atoms with van der Waals surface area (Å²) in [5.74, 6) is -0.0991. The Labute approximate surface area is 181 Å². The van der Waals surface area contributed by atoms with E-state index < -0.39 is 26.3 Å². The summed E-state index contributed by atoms with van der Waals surface area (Å²) < 4.78 is 63.9. The van der Waals surface area contributed by atoms with E-state index in [-0.39, 0.29) is 34.7 Å². The summed E-state index contributed by atoms with van der Waals surface area (Å²) in [4.78, 5) is 12.2. The Balaban J connectivity index is 1.58. The average molecular weight is 461 g/mol. The zero-order valence-electron chi connectivity index (χ0n) is 17.9. The summed E-state index contributed by atoms with van der Waals surface area (Å²) >= 11 is 0. The fraction of sp³-hybridized carbons (Fsp3) is 0.682. The zero-order valence-corrected chi connectivity index (χ0v) is 18.7. The first-order valence-electron chi connectivity index (χ1n) is 10.8. The molecule has 0 aromatic heterocycles. The van der Waals surface area contributed by atoms with Crippen LogP contribution in [0.15, 0.2) is 29.2 Å². The third-order valence-electron chi connectivity index (χ3n) is 6.72. The number of hydrogen-bond donors (Lipinski definition) is 2. The van der Waals surface area contributed by atoms with Crippen molar-refractivity contribution >= 4 is 15.7 Å². The largest absolute Gasteiger partial charge is 0.416 e. The molecule has 0 aliphatic heterocycles. The van der Waals surface area contributed by atoms with E-state index in [2.05, 4.69) is 5.32 Å². The molecule has 5 nitrogen and oxygen atoms in total. The van der Waals surface area contributed by atoms with Gasteiger partial charge in [0.15, 0.2) is 9.84 Å². The number of carbonyl (C=O) groups excluding carboxylic acids is 1. The lowest BCUT2D eigenvalue weighted by Gasteiger charge is -2.41. The molecule has 1 aromatic carbocycles. The molecule has 174 valence electrons. The van der Waals surface area contributed by atoms with Crippen LogP contribution in [-0.2, 0) is 20.8 Å². The van der Waals surface area contributed by atoms with Crippen LogP contribution >= 0.6 is 0 Å². The zero-order chi connectivity index (χ0) is 23.0. The van der Waals surface area contributed by atoms with Gasteiger partial charge in [-0.2, -0.15) is 13.2 Å². The molecule has 2 fully saturated rings. The van der Waals surface area contributed by atoms with Gasteiger partial charge in [-0.3, -0.25) is 4.79 Å². The van der Waals surface area contributed by atoms with Crippen molar-refractivity contribution in [2.24, 2.45) is 17.6 Å². The number of halogens is 3. The van der Waals surface area contributed by atoms with Crippen molar-refractivity contribution in [1.82, 2.24) is 5.32 Å². The Kier molecular flexibility index (Phi) is 6.77. The van der Waals surface area contributed by atoms with E-state index in [1.165, 1.54) is 6.07 Å². The molecular formula is C22H31F3N2O3S. The van der Waals surface area contributed by atoms with Crippen molar-refractivity contribution in [2.75, 3.05) is 0 Å². The van der Waals surface area contributed by atoms with Gasteiger partial charge >= 0.3 is 6.18 Å². The summed E-state index contributed by atoms with van der Waals surface area (Å²) in [6.45, 7) is 3.10. The van der Waals surface area contributed by atoms with Crippen LogP contribution in [0, 0.1) is 11.8 Å². The average Bonchev–Trinajstić information content (AvgIpc) is 2.65. The summed E-state index contributed by atoms with van der Waals surface area (Å²) in [5, 5.41) is 3.03. The molecule has 2 aliphatic rings. The van der Waals surface area contributed by atoms with E-state index in [1.807, 2.05) is 0 Å². The van der Waals surface area contributed by atoms with Crippen molar-refractivity contribution in [1.29, 1.82) is 0 Å². The minimum atomic E-state index is -4.60. The fourth-order valence-electron chi connectivity index (χ4n) is 4.78. The number of nitrogens with two attached hydrogens (primary N) is 1. The third kappa shape index (κ3) is 5.25. The van der Waals surface area contributed by atoms with Crippen molar-refractivity contribution in [3.63, 3.8) is 0 Å². The Bertz CT molecular complexity index is 909. The fourth-order valence-corrected chi connectivity index (χ4v) is 6.41. The highest BCUT2D eigenvalue weighted by molar-refractivity contribution is 7.92. The smallest absolute Gasteiger partial charge is 0.353 e. The number of nitrogens with one attached hydrogen (secondary N) is 1. The van der Waals surface area contributed by atoms with E-state index in [0.717, 1.165) is 37.8 Å². The van der Waals surface area contributed by atoms with Gasteiger partial charge in [0, 0.05) is 12.1 Å². The highest BCUT2D eigenvalue weighted by Gasteiger charge is 2.43. The van der Waals surface area contributed by atoms with Crippen LogP contribution in [0.3, 0.4) is 0 Å². The number of hydrogen-bond acceptors (Lipinski definition) is 4. The molecule has 0 radical (unpaired) electrons. The number of alkyl halides is 3. The highest BCUT2D eigenvalue weighted by atomic mass is 32.2.